The van der Waals surface area contributed by atoms with Gasteiger partial charge in [-0.3, -0.25) is 9.30 Å². The lowest BCUT2D eigenvalue weighted by Crippen LogP contribution is -2.46. The first-order valence-corrected chi connectivity index (χ1v) is 9.90. The van der Waals surface area contributed by atoms with E-state index in [1.807, 2.05) is 10.6 Å². The zero-order chi connectivity index (χ0) is 19.1. The highest BCUT2D eigenvalue weighted by molar-refractivity contribution is 5.46. The first kappa shape index (κ1) is 17.5. The molecule has 1 fully saturated rings. The van der Waals surface area contributed by atoms with Crippen LogP contribution < -0.4 is 9.64 Å². The molecule has 1 N–H and O–H groups in total. The predicted molar refractivity (Wildman–Crippen MR) is 107 cm³/mol. The summed E-state index contributed by atoms with van der Waals surface area (Å²) in [5.74, 6) is 1.99. The summed E-state index contributed by atoms with van der Waals surface area (Å²) in [6.45, 7) is 7.35. The average molecular weight is 379 g/mol. The summed E-state index contributed by atoms with van der Waals surface area (Å²) in [7, 11) is 0. The fourth-order valence-electron chi connectivity index (χ4n) is 4.07. The minimum atomic E-state index is -0.557. The van der Waals surface area contributed by atoms with Crippen LogP contribution in [0.3, 0.4) is 0 Å². The number of imidazole rings is 1. The van der Waals surface area contributed by atoms with Crippen LogP contribution in [0.15, 0.2) is 36.8 Å². The number of fused-ring (bicyclic) bond motifs is 2. The van der Waals surface area contributed by atoms with E-state index in [0.29, 0.717) is 0 Å². The highest BCUT2D eigenvalue weighted by Crippen LogP contribution is 2.27. The SMILES string of the molecule is CC(O)c1cnc2cnc(N3CCN(Cc4ccc5c(c4)OCC5)CC3)cn12. The number of aliphatic hydroxyl groups excluding tert-OH is 1. The molecule has 7 heteroatoms. The maximum Gasteiger partial charge on any atom is 0.155 e. The number of hydrogen-bond donors (Lipinski definition) is 1. The van der Waals surface area contributed by atoms with Crippen molar-refractivity contribution in [1.82, 2.24) is 19.3 Å². The molecule has 1 atom stereocenters. The van der Waals surface area contributed by atoms with E-state index in [9.17, 15) is 5.11 Å². The molecule has 1 aromatic carbocycles. The van der Waals surface area contributed by atoms with Crippen molar-refractivity contribution in [2.24, 2.45) is 0 Å². The second-order valence-electron chi connectivity index (χ2n) is 7.64. The highest BCUT2D eigenvalue weighted by atomic mass is 16.5. The fraction of sp³-hybridized carbons (Fsp3) is 0.429. The van der Waals surface area contributed by atoms with Crippen molar-refractivity contribution in [3.05, 3.63) is 53.6 Å². The molecule has 1 saturated heterocycles. The van der Waals surface area contributed by atoms with Crippen LogP contribution >= 0.6 is 0 Å². The van der Waals surface area contributed by atoms with Gasteiger partial charge >= 0.3 is 0 Å². The quantitative estimate of drug-likeness (QED) is 0.748. The van der Waals surface area contributed by atoms with Gasteiger partial charge in [0.1, 0.15) is 11.6 Å². The molecule has 4 heterocycles. The van der Waals surface area contributed by atoms with Gasteiger partial charge in [0, 0.05) is 39.1 Å². The molecular formula is C21H25N5O2. The van der Waals surface area contributed by atoms with Crippen LogP contribution in [0.2, 0.25) is 0 Å². The van der Waals surface area contributed by atoms with Crippen molar-refractivity contribution >= 4 is 11.5 Å². The van der Waals surface area contributed by atoms with Gasteiger partial charge in [-0.2, -0.15) is 0 Å². The van der Waals surface area contributed by atoms with Gasteiger partial charge in [0.2, 0.25) is 0 Å². The number of rotatable bonds is 4. The Balaban J connectivity index is 1.25. The van der Waals surface area contributed by atoms with Crippen LogP contribution in [-0.4, -0.2) is 57.2 Å². The Morgan fingerprint density at radius 1 is 1.14 bits per heavy atom. The molecule has 0 radical (unpaired) electrons. The van der Waals surface area contributed by atoms with E-state index >= 15 is 0 Å². The van der Waals surface area contributed by atoms with Crippen LogP contribution in [0.4, 0.5) is 5.82 Å². The molecule has 2 aromatic heterocycles. The number of aromatic nitrogens is 3. The minimum Gasteiger partial charge on any atom is -0.493 e. The van der Waals surface area contributed by atoms with Crippen molar-refractivity contribution in [1.29, 1.82) is 0 Å². The van der Waals surface area contributed by atoms with Gasteiger partial charge in [-0.1, -0.05) is 12.1 Å². The third-order valence-electron chi connectivity index (χ3n) is 5.70. The summed E-state index contributed by atoms with van der Waals surface area (Å²) in [6.07, 6.45) is 5.94. The van der Waals surface area contributed by atoms with Crippen LogP contribution in [-0.2, 0) is 13.0 Å². The average Bonchev–Trinajstić information content (AvgIpc) is 3.34. The van der Waals surface area contributed by atoms with Gasteiger partial charge in [0.15, 0.2) is 5.65 Å². The molecule has 1 unspecified atom stereocenters. The number of nitrogens with zero attached hydrogens (tertiary/aromatic N) is 5. The summed E-state index contributed by atoms with van der Waals surface area (Å²) in [4.78, 5) is 13.7. The van der Waals surface area contributed by atoms with Crippen molar-refractivity contribution in [3.8, 4) is 5.75 Å². The summed E-state index contributed by atoms with van der Waals surface area (Å²) in [6, 6.07) is 6.63. The maximum absolute atomic E-state index is 9.93. The molecule has 28 heavy (non-hydrogen) atoms. The Hall–Kier alpha value is -2.64. The van der Waals surface area contributed by atoms with Gasteiger partial charge in [0.05, 0.1) is 37.0 Å². The lowest BCUT2D eigenvalue weighted by Gasteiger charge is -2.35. The summed E-state index contributed by atoms with van der Waals surface area (Å²) in [5.41, 5.74) is 4.19. The molecular weight excluding hydrogens is 354 g/mol. The second-order valence-corrected chi connectivity index (χ2v) is 7.64. The molecule has 2 aliphatic rings. The topological polar surface area (TPSA) is 66.1 Å². The Labute approximate surface area is 164 Å². The standard InChI is InChI=1S/C21H25N5O2/c1-15(27)18-11-22-20-12-23-21(14-26(18)20)25-7-5-24(6-8-25)13-16-2-3-17-4-9-28-19(17)10-16/h2-3,10-12,14-15,27H,4-9,13H2,1H3. The molecule has 146 valence electrons. The third kappa shape index (κ3) is 3.21. The Kier molecular flexibility index (Phi) is 4.41. The van der Waals surface area contributed by atoms with Crippen LogP contribution in [0.1, 0.15) is 29.8 Å². The molecule has 0 amide bonds. The molecule has 0 bridgehead atoms. The van der Waals surface area contributed by atoms with Gasteiger partial charge in [-0.05, 0) is 24.1 Å². The van der Waals surface area contributed by atoms with E-state index in [1.54, 1.807) is 19.3 Å². The van der Waals surface area contributed by atoms with Gasteiger partial charge in [-0.25, -0.2) is 9.97 Å². The van der Waals surface area contributed by atoms with E-state index < -0.39 is 6.10 Å². The second kappa shape index (κ2) is 7.07. The molecule has 5 rings (SSSR count). The van der Waals surface area contributed by atoms with E-state index in [0.717, 1.165) is 68.7 Å². The normalized spacial score (nSPS) is 18.3. The maximum atomic E-state index is 9.93. The smallest absolute Gasteiger partial charge is 0.155 e. The zero-order valence-corrected chi connectivity index (χ0v) is 16.1. The van der Waals surface area contributed by atoms with Crippen molar-refractivity contribution < 1.29 is 9.84 Å². The zero-order valence-electron chi connectivity index (χ0n) is 16.1. The number of aliphatic hydroxyl groups is 1. The predicted octanol–water partition coefficient (Wildman–Crippen LogP) is 2.04. The molecule has 3 aromatic rings. The van der Waals surface area contributed by atoms with Crippen molar-refractivity contribution in [2.45, 2.75) is 26.0 Å². The lowest BCUT2D eigenvalue weighted by molar-refractivity contribution is 0.193. The van der Waals surface area contributed by atoms with Crippen molar-refractivity contribution in [2.75, 3.05) is 37.7 Å². The lowest BCUT2D eigenvalue weighted by atomic mass is 10.1. The molecule has 7 nitrogen and oxygen atoms in total. The summed E-state index contributed by atoms with van der Waals surface area (Å²) < 4.78 is 7.63. The van der Waals surface area contributed by atoms with Crippen LogP contribution in [0.5, 0.6) is 5.75 Å². The Morgan fingerprint density at radius 2 is 2.00 bits per heavy atom. The van der Waals surface area contributed by atoms with Gasteiger partial charge < -0.3 is 14.7 Å². The monoisotopic (exact) mass is 379 g/mol. The Morgan fingerprint density at radius 3 is 2.82 bits per heavy atom. The number of hydrogen-bond acceptors (Lipinski definition) is 6. The summed E-state index contributed by atoms with van der Waals surface area (Å²) >= 11 is 0. The van der Waals surface area contributed by atoms with E-state index in [4.69, 9.17) is 4.74 Å². The third-order valence-corrected chi connectivity index (χ3v) is 5.70. The molecule has 2 aliphatic heterocycles. The minimum absolute atomic E-state index is 0.557. The summed E-state index contributed by atoms with van der Waals surface area (Å²) in [5, 5.41) is 9.93. The number of piperazine rings is 1. The van der Waals surface area contributed by atoms with E-state index in [-0.39, 0.29) is 0 Å². The van der Waals surface area contributed by atoms with Gasteiger partial charge in [-0.15, -0.1) is 0 Å². The van der Waals surface area contributed by atoms with Gasteiger partial charge in [0.25, 0.3) is 0 Å². The fourth-order valence-corrected chi connectivity index (χ4v) is 4.07. The van der Waals surface area contributed by atoms with Crippen LogP contribution in [0.25, 0.3) is 5.65 Å². The van der Waals surface area contributed by atoms with E-state index in [1.165, 1.54) is 11.1 Å². The molecule has 0 spiro atoms. The largest absolute Gasteiger partial charge is 0.493 e. The molecule has 0 saturated carbocycles. The van der Waals surface area contributed by atoms with Crippen LogP contribution in [0, 0.1) is 0 Å². The van der Waals surface area contributed by atoms with Crippen molar-refractivity contribution in [3.63, 3.8) is 0 Å². The Bertz CT molecular complexity index is 992. The first-order chi connectivity index (χ1) is 13.7. The van der Waals surface area contributed by atoms with E-state index in [2.05, 4.69) is 38.0 Å². The first-order valence-electron chi connectivity index (χ1n) is 9.90. The molecule has 0 aliphatic carbocycles. The number of ether oxygens (including phenoxy) is 1. The number of anilines is 1. The number of benzene rings is 1. The highest BCUT2D eigenvalue weighted by Gasteiger charge is 2.20.